The number of amides is 1. The van der Waals surface area contributed by atoms with Gasteiger partial charge in [0.05, 0.1) is 36.9 Å². The molecule has 0 radical (unpaired) electrons. The molecule has 2 aliphatic heterocycles. The Morgan fingerprint density at radius 3 is 2.51 bits per heavy atom. The Balaban J connectivity index is 1.49. The lowest BCUT2D eigenvalue weighted by Crippen LogP contribution is -2.28. The van der Waals surface area contributed by atoms with Crippen molar-refractivity contribution in [3.8, 4) is 23.0 Å². The highest BCUT2D eigenvalue weighted by Crippen LogP contribution is 2.43. The molecule has 0 bridgehead atoms. The van der Waals surface area contributed by atoms with Crippen LogP contribution in [0.25, 0.3) is 6.08 Å². The van der Waals surface area contributed by atoms with Gasteiger partial charge in [-0.15, -0.1) is 0 Å². The van der Waals surface area contributed by atoms with E-state index in [2.05, 4.69) is 0 Å². The molecule has 37 heavy (non-hydrogen) atoms. The smallest absolute Gasteiger partial charge is 0.335 e. The van der Waals surface area contributed by atoms with Gasteiger partial charge in [0, 0.05) is 0 Å². The van der Waals surface area contributed by atoms with E-state index in [-0.39, 0.29) is 24.8 Å². The van der Waals surface area contributed by atoms with Crippen LogP contribution in [0.5, 0.6) is 23.0 Å². The second-order valence-corrected chi connectivity index (χ2v) is 9.06. The Bertz CT molecular complexity index is 1420. The van der Waals surface area contributed by atoms with Crippen LogP contribution in [0, 0.1) is 0 Å². The van der Waals surface area contributed by atoms with E-state index < -0.39 is 5.97 Å². The fraction of sp³-hybridized carbons (Fsp3) is 0.148. The number of hydrogen-bond acceptors (Lipinski definition) is 8. The Kier molecular flexibility index (Phi) is 6.74. The van der Waals surface area contributed by atoms with Crippen molar-refractivity contribution in [2.45, 2.75) is 6.54 Å². The number of rotatable bonds is 7. The monoisotopic (exact) mass is 518 g/mol. The molecule has 5 rings (SSSR count). The van der Waals surface area contributed by atoms with Crippen molar-refractivity contribution >= 4 is 40.6 Å². The number of amidine groups is 1. The number of fused-ring (bicyclic) bond motifs is 1. The van der Waals surface area contributed by atoms with E-state index in [0.717, 1.165) is 5.56 Å². The van der Waals surface area contributed by atoms with Gasteiger partial charge in [0.15, 0.2) is 16.7 Å². The maximum absolute atomic E-state index is 13.5. The van der Waals surface area contributed by atoms with Crippen molar-refractivity contribution in [3.05, 3.63) is 82.3 Å². The van der Waals surface area contributed by atoms with Gasteiger partial charge in [0.25, 0.3) is 5.91 Å². The van der Waals surface area contributed by atoms with Gasteiger partial charge in [-0.2, -0.15) is 0 Å². The van der Waals surface area contributed by atoms with Crippen molar-refractivity contribution in [3.63, 3.8) is 0 Å². The predicted molar refractivity (Wildman–Crippen MR) is 139 cm³/mol. The highest BCUT2D eigenvalue weighted by molar-refractivity contribution is 8.18. The zero-order valence-corrected chi connectivity index (χ0v) is 20.8. The predicted octanol–water partition coefficient (Wildman–Crippen LogP) is 4.93. The van der Waals surface area contributed by atoms with Crippen molar-refractivity contribution < 1.29 is 33.6 Å². The lowest BCUT2D eigenvalue weighted by Gasteiger charge is -2.16. The van der Waals surface area contributed by atoms with Crippen molar-refractivity contribution in [2.24, 2.45) is 4.99 Å². The lowest BCUT2D eigenvalue weighted by atomic mass is 10.1. The summed E-state index contributed by atoms with van der Waals surface area (Å²) >= 11 is 1.25. The molecule has 0 saturated carbocycles. The van der Waals surface area contributed by atoms with Crippen LogP contribution in [0.3, 0.4) is 0 Å². The number of thioether (sulfide) groups is 1. The second kappa shape index (κ2) is 10.3. The number of benzene rings is 3. The first-order valence-corrected chi connectivity index (χ1v) is 12.0. The molecule has 2 heterocycles. The van der Waals surface area contributed by atoms with E-state index in [9.17, 15) is 14.7 Å². The minimum absolute atomic E-state index is 0.104. The number of nitrogens with zero attached hydrogens (tertiary/aromatic N) is 2. The number of carboxylic acid groups (broad SMARTS) is 1. The van der Waals surface area contributed by atoms with E-state index >= 15 is 0 Å². The number of methoxy groups -OCH3 is 2. The number of ether oxygens (including phenoxy) is 4. The molecule has 9 nitrogen and oxygen atoms in total. The molecule has 188 valence electrons. The number of hydrogen-bond donors (Lipinski definition) is 1. The van der Waals surface area contributed by atoms with Crippen molar-refractivity contribution in [1.82, 2.24) is 4.90 Å². The van der Waals surface area contributed by atoms with Crippen LogP contribution in [0.15, 0.2) is 70.6 Å². The molecule has 0 aliphatic carbocycles. The number of aromatic carboxylic acids is 1. The summed E-state index contributed by atoms with van der Waals surface area (Å²) in [5.74, 6) is 1.06. The summed E-state index contributed by atoms with van der Waals surface area (Å²) in [5, 5.41) is 9.68. The minimum atomic E-state index is -1.01. The van der Waals surface area contributed by atoms with Crippen LogP contribution in [0.2, 0.25) is 0 Å². The van der Waals surface area contributed by atoms with Crippen molar-refractivity contribution in [2.75, 3.05) is 21.0 Å². The molecule has 1 saturated heterocycles. The third kappa shape index (κ3) is 5.10. The first kappa shape index (κ1) is 24.3. The number of carboxylic acids is 1. The lowest BCUT2D eigenvalue weighted by molar-refractivity contribution is -0.122. The summed E-state index contributed by atoms with van der Waals surface area (Å²) in [6, 6.07) is 17.2. The Labute approximate surface area is 216 Å². The van der Waals surface area contributed by atoms with Gasteiger partial charge in [0.2, 0.25) is 12.5 Å². The van der Waals surface area contributed by atoms with Gasteiger partial charge in [-0.05, 0) is 77.5 Å². The molecule has 0 unspecified atom stereocenters. The first-order chi connectivity index (χ1) is 17.9. The van der Waals surface area contributed by atoms with Crippen LogP contribution >= 0.6 is 11.8 Å². The van der Waals surface area contributed by atoms with Gasteiger partial charge < -0.3 is 24.1 Å². The van der Waals surface area contributed by atoms with Crippen molar-refractivity contribution in [1.29, 1.82) is 0 Å². The van der Waals surface area contributed by atoms with Gasteiger partial charge in [-0.25, -0.2) is 9.79 Å². The fourth-order valence-corrected chi connectivity index (χ4v) is 4.82. The molecular weight excluding hydrogens is 496 g/mol. The largest absolute Gasteiger partial charge is 0.497 e. The van der Waals surface area contributed by atoms with Gasteiger partial charge in [-0.3, -0.25) is 9.69 Å². The number of carbonyl (C=O) groups excluding carboxylic acids is 1. The molecule has 3 aromatic rings. The third-order valence-corrected chi connectivity index (χ3v) is 6.71. The molecule has 2 aliphatic rings. The zero-order valence-electron chi connectivity index (χ0n) is 20.0. The maximum atomic E-state index is 13.5. The third-order valence-electron chi connectivity index (χ3n) is 5.71. The van der Waals surface area contributed by atoms with E-state index in [4.69, 9.17) is 23.9 Å². The average Bonchev–Trinajstić information content (AvgIpc) is 3.49. The summed E-state index contributed by atoms with van der Waals surface area (Å²) in [4.78, 5) is 31.5. The molecule has 1 N–H and O–H groups in total. The summed E-state index contributed by atoms with van der Waals surface area (Å²) in [6.07, 6.45) is 1.76. The van der Waals surface area contributed by atoms with E-state index in [1.165, 1.54) is 23.9 Å². The summed E-state index contributed by atoms with van der Waals surface area (Å²) < 4.78 is 21.6. The fourth-order valence-electron chi connectivity index (χ4n) is 3.82. The summed E-state index contributed by atoms with van der Waals surface area (Å²) in [5.41, 5.74) is 2.32. The molecular formula is C27H22N2O7S. The van der Waals surface area contributed by atoms with E-state index in [1.807, 2.05) is 0 Å². The Hall–Kier alpha value is -4.44. The number of carbonyl (C=O) groups is 2. The molecule has 1 fully saturated rings. The van der Waals surface area contributed by atoms with Crippen LogP contribution < -0.4 is 18.9 Å². The normalized spacial score (nSPS) is 16.5. The topological polar surface area (TPSA) is 107 Å². The van der Waals surface area contributed by atoms with E-state index in [1.54, 1.807) is 73.7 Å². The zero-order chi connectivity index (χ0) is 25.9. The van der Waals surface area contributed by atoms with Gasteiger partial charge >= 0.3 is 5.97 Å². The summed E-state index contributed by atoms with van der Waals surface area (Å²) in [7, 11) is 3.13. The molecule has 3 aromatic carbocycles. The molecule has 0 spiro atoms. The summed E-state index contributed by atoms with van der Waals surface area (Å²) in [6.45, 7) is 0.328. The second-order valence-electron chi connectivity index (χ2n) is 8.05. The standard InChI is InChI=1S/C27H22N2O7S/c1-33-20-9-7-19(8-10-20)28-27-29(14-16-3-5-18(6-4-16)26(31)32)25(30)23(37-27)13-17-11-21(34-2)24-22(12-17)35-15-36-24/h3-13H,14-15H2,1-2H3,(H,31,32)/b23-13-,28-27?. The quantitative estimate of drug-likeness (QED) is 0.439. The highest BCUT2D eigenvalue weighted by Gasteiger charge is 2.34. The van der Waals surface area contributed by atoms with E-state index in [0.29, 0.717) is 44.3 Å². The van der Waals surface area contributed by atoms with Gasteiger partial charge in [0.1, 0.15) is 5.75 Å². The molecule has 10 heteroatoms. The maximum Gasteiger partial charge on any atom is 0.335 e. The average molecular weight is 519 g/mol. The van der Waals surface area contributed by atoms with Crippen LogP contribution in [0.1, 0.15) is 21.5 Å². The van der Waals surface area contributed by atoms with Crippen LogP contribution in [-0.4, -0.2) is 48.1 Å². The Morgan fingerprint density at radius 2 is 1.84 bits per heavy atom. The van der Waals surface area contributed by atoms with Crippen LogP contribution in [-0.2, 0) is 11.3 Å². The molecule has 0 atom stereocenters. The first-order valence-electron chi connectivity index (χ1n) is 11.2. The van der Waals surface area contributed by atoms with Gasteiger partial charge in [-0.1, -0.05) is 12.1 Å². The molecule has 1 amide bonds. The number of aliphatic imine (C=N–C) groups is 1. The SMILES string of the molecule is COc1ccc(N=C2S/C(=C\c3cc(OC)c4c(c3)OCO4)C(=O)N2Cc2ccc(C(=O)O)cc2)cc1. The van der Waals surface area contributed by atoms with Crippen LogP contribution in [0.4, 0.5) is 5.69 Å². The minimum Gasteiger partial charge on any atom is -0.497 e. The molecule has 0 aromatic heterocycles. The highest BCUT2D eigenvalue weighted by atomic mass is 32.2. The Morgan fingerprint density at radius 1 is 1.08 bits per heavy atom.